The number of phenolic OH excluding ortho intramolecular Hbond substituents is 1. The zero-order valence-corrected chi connectivity index (χ0v) is 15.4. The second kappa shape index (κ2) is 7.44. The Balaban J connectivity index is 0.00000120. The van der Waals surface area contributed by atoms with Gasteiger partial charge in [0.05, 0.1) is 16.7 Å². The van der Waals surface area contributed by atoms with Crippen molar-refractivity contribution in [3.05, 3.63) is 85.3 Å². The molecule has 4 nitrogen and oxygen atoms in total. The van der Waals surface area contributed by atoms with Crippen molar-refractivity contribution in [3.63, 3.8) is 0 Å². The summed E-state index contributed by atoms with van der Waals surface area (Å²) >= 11 is 0. The van der Waals surface area contributed by atoms with Gasteiger partial charge in [-0.25, -0.2) is 0 Å². The number of fused-ring (bicyclic) bond motifs is 3. The van der Waals surface area contributed by atoms with Crippen LogP contribution in [0.2, 0.25) is 0 Å². The fourth-order valence-corrected chi connectivity index (χ4v) is 3.44. The molecular weight excluding hydrogens is 341 g/mol. The maximum absolute atomic E-state index is 10.3. The Morgan fingerprint density at radius 2 is 1.54 bits per heavy atom. The molecule has 1 N–H and O–H groups in total. The topological polar surface area (TPSA) is 58.9 Å². The smallest absolute Gasteiger partial charge is 1.00 e. The van der Waals surface area contributed by atoms with Gasteiger partial charge in [0.2, 0.25) is 0 Å². The molecule has 0 atom stereocenters. The van der Waals surface area contributed by atoms with Crippen LogP contribution in [0.5, 0.6) is 5.75 Å². The predicted molar refractivity (Wildman–Crippen MR) is 108 cm³/mol. The first-order valence-corrected chi connectivity index (χ1v) is 8.68. The average Bonchev–Trinajstić information content (AvgIpc) is 2.74. The number of nitrogens with zero attached hydrogens (tertiary/aromatic N) is 3. The van der Waals surface area contributed by atoms with E-state index in [1.165, 1.54) is 0 Å². The van der Waals surface area contributed by atoms with Gasteiger partial charge in [0.25, 0.3) is 0 Å². The van der Waals surface area contributed by atoms with Crippen LogP contribution in [-0.2, 0) is 0 Å². The maximum atomic E-state index is 10.3. The number of phenols is 1. The summed E-state index contributed by atoms with van der Waals surface area (Å²) in [6, 6.07) is 21.4. The van der Waals surface area contributed by atoms with Gasteiger partial charge in [0.15, 0.2) is 0 Å². The van der Waals surface area contributed by atoms with Crippen LogP contribution in [-0.4, -0.2) is 20.1 Å². The average molecular weight is 357 g/mol. The molecule has 0 bridgehead atoms. The number of aromatic nitrogens is 3. The largest absolute Gasteiger partial charge is 1.00 e. The minimum absolute atomic E-state index is 0. The van der Waals surface area contributed by atoms with Crippen LogP contribution in [0.15, 0.2) is 85.3 Å². The molecule has 5 heteroatoms. The molecule has 2 aromatic carbocycles. The van der Waals surface area contributed by atoms with Crippen molar-refractivity contribution < 1.29 is 25.4 Å². The minimum Gasteiger partial charge on any atom is -1.00 e. The zero-order chi connectivity index (χ0) is 18.2. The summed E-state index contributed by atoms with van der Waals surface area (Å²) in [6.07, 6.45) is 5.32. The molecule has 0 saturated heterocycles. The van der Waals surface area contributed by atoms with Crippen molar-refractivity contribution in [2.75, 3.05) is 0 Å². The molecule has 0 saturated carbocycles. The Kier molecular flexibility index (Phi) is 4.83. The Hall–Kier alpha value is -3.19. The van der Waals surface area contributed by atoms with Crippen LogP contribution < -0.4 is 18.9 Å². The van der Waals surface area contributed by atoms with E-state index in [-0.39, 0.29) is 26.0 Å². The SMILES string of the molecule is Oc1ccc(-c2ccnc3c2ccc2cccnc23)cc1-c1ccccn1.[H-].[Li+]. The summed E-state index contributed by atoms with van der Waals surface area (Å²) in [5.74, 6) is 0.211. The van der Waals surface area contributed by atoms with Crippen LogP contribution in [0.1, 0.15) is 1.43 Å². The van der Waals surface area contributed by atoms with E-state index in [0.717, 1.165) is 38.6 Å². The quantitative estimate of drug-likeness (QED) is 0.389. The summed E-state index contributed by atoms with van der Waals surface area (Å²) in [6.45, 7) is 0. The monoisotopic (exact) mass is 357 g/mol. The fourth-order valence-electron chi connectivity index (χ4n) is 3.44. The molecule has 5 aromatic rings. The second-order valence-corrected chi connectivity index (χ2v) is 6.34. The summed E-state index contributed by atoms with van der Waals surface area (Å²) in [5.41, 5.74) is 5.25. The van der Waals surface area contributed by atoms with Gasteiger partial charge in [0.1, 0.15) is 5.75 Å². The van der Waals surface area contributed by atoms with Gasteiger partial charge in [-0.05, 0) is 47.5 Å². The van der Waals surface area contributed by atoms with Gasteiger partial charge < -0.3 is 6.53 Å². The first kappa shape index (κ1) is 18.2. The molecule has 130 valence electrons. The Morgan fingerprint density at radius 3 is 2.39 bits per heavy atom. The normalized spacial score (nSPS) is 10.7. The van der Waals surface area contributed by atoms with Crippen LogP contribution in [0, 0.1) is 0 Å². The molecule has 5 rings (SSSR count). The van der Waals surface area contributed by atoms with Crippen molar-refractivity contribution in [2.45, 2.75) is 0 Å². The summed E-state index contributed by atoms with van der Waals surface area (Å²) < 4.78 is 0. The Labute approximate surface area is 175 Å². The molecule has 3 heterocycles. The third-order valence-electron chi connectivity index (χ3n) is 4.73. The molecule has 0 aliphatic carbocycles. The third kappa shape index (κ3) is 3.03. The summed E-state index contributed by atoms with van der Waals surface area (Å²) in [4.78, 5) is 13.4. The van der Waals surface area contributed by atoms with Crippen molar-refractivity contribution in [2.24, 2.45) is 0 Å². The number of benzene rings is 2. The van der Waals surface area contributed by atoms with Crippen molar-refractivity contribution >= 4 is 21.8 Å². The van der Waals surface area contributed by atoms with Gasteiger partial charge in [-0.15, -0.1) is 0 Å². The maximum Gasteiger partial charge on any atom is 1.00 e. The minimum atomic E-state index is 0. The van der Waals surface area contributed by atoms with E-state index in [0.29, 0.717) is 5.56 Å². The molecule has 3 aromatic heterocycles. The van der Waals surface area contributed by atoms with E-state index in [1.54, 1.807) is 24.7 Å². The number of pyridine rings is 3. The van der Waals surface area contributed by atoms with Gasteiger partial charge >= 0.3 is 18.9 Å². The Bertz CT molecular complexity index is 1300. The van der Waals surface area contributed by atoms with E-state index < -0.39 is 0 Å². The van der Waals surface area contributed by atoms with Crippen molar-refractivity contribution in [1.29, 1.82) is 0 Å². The van der Waals surface area contributed by atoms with E-state index in [1.807, 2.05) is 48.5 Å². The van der Waals surface area contributed by atoms with E-state index in [2.05, 4.69) is 27.1 Å². The zero-order valence-electron chi connectivity index (χ0n) is 16.4. The number of hydrogen-bond donors (Lipinski definition) is 1. The molecule has 0 fully saturated rings. The van der Waals surface area contributed by atoms with Crippen molar-refractivity contribution in [3.8, 4) is 28.1 Å². The van der Waals surface area contributed by atoms with Gasteiger partial charge in [-0.3, -0.25) is 15.0 Å². The molecule has 0 spiro atoms. The van der Waals surface area contributed by atoms with E-state index in [9.17, 15) is 5.11 Å². The standard InChI is InChI=1S/C23H15N3O.Li.H/c27-21-9-7-16(14-19(21)20-5-1-2-11-24-20)17-10-13-26-23-18(17)8-6-15-4-3-12-25-22(15)23;;/h1-14,27H;;/q;+1;-1. The molecule has 0 aliphatic rings. The van der Waals surface area contributed by atoms with Crippen LogP contribution in [0.3, 0.4) is 0 Å². The van der Waals surface area contributed by atoms with Gasteiger partial charge in [-0.1, -0.05) is 30.3 Å². The molecule has 0 aliphatic heterocycles. The molecule has 0 amide bonds. The third-order valence-corrected chi connectivity index (χ3v) is 4.73. The number of rotatable bonds is 2. The molecule has 0 radical (unpaired) electrons. The van der Waals surface area contributed by atoms with Gasteiger partial charge in [-0.2, -0.15) is 0 Å². The van der Waals surface area contributed by atoms with E-state index >= 15 is 0 Å². The summed E-state index contributed by atoms with van der Waals surface area (Å²) in [7, 11) is 0. The van der Waals surface area contributed by atoms with Crippen molar-refractivity contribution in [1.82, 2.24) is 15.0 Å². The second-order valence-electron chi connectivity index (χ2n) is 6.34. The van der Waals surface area contributed by atoms with Crippen LogP contribution in [0.4, 0.5) is 0 Å². The van der Waals surface area contributed by atoms with Crippen LogP contribution >= 0.6 is 0 Å². The van der Waals surface area contributed by atoms with Crippen LogP contribution in [0.25, 0.3) is 44.2 Å². The molecule has 0 unspecified atom stereocenters. The molecule has 28 heavy (non-hydrogen) atoms. The number of hydrogen-bond acceptors (Lipinski definition) is 4. The first-order valence-electron chi connectivity index (χ1n) is 8.68. The van der Waals surface area contributed by atoms with Gasteiger partial charge in [0, 0.05) is 34.9 Å². The summed E-state index contributed by atoms with van der Waals surface area (Å²) in [5, 5.41) is 12.4. The number of aromatic hydroxyl groups is 1. The van der Waals surface area contributed by atoms with E-state index in [4.69, 9.17) is 0 Å². The predicted octanol–water partition coefficient (Wildman–Crippen LogP) is 2.33. The molecular formula is C23H16LiN3O. The fraction of sp³-hybridized carbons (Fsp3) is 0. The first-order chi connectivity index (χ1) is 13.3. The Morgan fingerprint density at radius 1 is 0.679 bits per heavy atom.